The van der Waals surface area contributed by atoms with Crippen LogP contribution in [0.15, 0.2) is 111 Å². The Morgan fingerprint density at radius 2 is 1.02 bits per heavy atom. The van der Waals surface area contributed by atoms with Gasteiger partial charge in [-0.15, -0.1) is 0 Å². The second-order valence-electron chi connectivity index (χ2n) is 13.4. The molecular formula is C36H42F2O6S2. The van der Waals surface area contributed by atoms with Crippen molar-refractivity contribution in [1.29, 1.82) is 0 Å². The van der Waals surface area contributed by atoms with Crippen molar-refractivity contribution in [2.45, 2.75) is 98.7 Å². The molecule has 0 unspecified atom stereocenters. The van der Waals surface area contributed by atoms with E-state index in [0.717, 1.165) is 22.1 Å². The Bertz CT molecular complexity index is 1630. The van der Waals surface area contributed by atoms with Gasteiger partial charge in [-0.1, -0.05) is 36.4 Å². The summed E-state index contributed by atoms with van der Waals surface area (Å²) < 4.78 is 75.0. The van der Waals surface area contributed by atoms with E-state index < -0.39 is 48.7 Å². The van der Waals surface area contributed by atoms with E-state index in [-0.39, 0.29) is 5.60 Å². The van der Waals surface area contributed by atoms with Gasteiger partial charge in [0.2, 0.25) is 4.90 Å². The first-order valence-electron chi connectivity index (χ1n) is 14.6. The SMILES string of the molecule is CC(C)(C)Oc1cc(OC(C)(C)C)c([S+](c2ccccc2)c2ccccc2)c(OC(C)(C)C)c1.O=S(=O)([O-])c1ccc(F)cc1F. The van der Waals surface area contributed by atoms with Crippen molar-refractivity contribution in [3.8, 4) is 17.2 Å². The number of halogens is 2. The molecule has 0 aromatic heterocycles. The first kappa shape index (κ1) is 36.9. The van der Waals surface area contributed by atoms with Crippen molar-refractivity contribution in [3.05, 3.63) is 103 Å². The summed E-state index contributed by atoms with van der Waals surface area (Å²) >= 11 is 0. The molecule has 6 nitrogen and oxygen atoms in total. The van der Waals surface area contributed by atoms with Crippen molar-refractivity contribution < 1.29 is 36.0 Å². The first-order valence-corrected chi connectivity index (χ1v) is 17.3. The Labute approximate surface area is 274 Å². The molecule has 0 heterocycles. The fourth-order valence-electron chi connectivity index (χ4n) is 4.14. The van der Waals surface area contributed by atoms with Crippen LogP contribution in [0.1, 0.15) is 62.3 Å². The Morgan fingerprint density at radius 3 is 1.37 bits per heavy atom. The summed E-state index contributed by atoms with van der Waals surface area (Å²) in [4.78, 5) is 2.40. The monoisotopic (exact) mass is 672 g/mol. The maximum Gasteiger partial charge on any atom is 0.250 e. The second kappa shape index (κ2) is 14.4. The average molecular weight is 673 g/mol. The lowest BCUT2D eigenvalue weighted by Gasteiger charge is -2.28. The minimum absolute atomic E-state index is 0.338. The molecule has 10 heteroatoms. The molecule has 0 amide bonds. The summed E-state index contributed by atoms with van der Waals surface area (Å²) in [5.41, 5.74) is -1.13. The van der Waals surface area contributed by atoms with E-state index in [0.29, 0.717) is 18.2 Å². The van der Waals surface area contributed by atoms with Crippen LogP contribution in [0.25, 0.3) is 0 Å². The lowest BCUT2D eigenvalue weighted by atomic mass is 10.1. The minimum atomic E-state index is -4.84. The second-order valence-corrected chi connectivity index (χ2v) is 16.7. The molecule has 4 rings (SSSR count). The highest BCUT2D eigenvalue weighted by molar-refractivity contribution is 7.97. The third-order valence-corrected chi connectivity index (χ3v) is 8.74. The molecule has 0 saturated heterocycles. The maximum absolute atomic E-state index is 12.5. The Kier molecular flexibility index (Phi) is 11.6. The fraction of sp³-hybridized carbons (Fsp3) is 0.333. The van der Waals surface area contributed by atoms with Crippen molar-refractivity contribution in [2.75, 3.05) is 0 Å². The number of benzene rings is 4. The van der Waals surface area contributed by atoms with Gasteiger partial charge in [0.05, 0.1) is 4.90 Å². The van der Waals surface area contributed by atoms with Crippen LogP contribution >= 0.6 is 0 Å². The molecule has 0 bridgehead atoms. The van der Waals surface area contributed by atoms with Gasteiger partial charge >= 0.3 is 0 Å². The van der Waals surface area contributed by atoms with E-state index in [4.69, 9.17) is 14.2 Å². The zero-order valence-electron chi connectivity index (χ0n) is 27.7. The van der Waals surface area contributed by atoms with E-state index in [2.05, 4.69) is 102 Å². The summed E-state index contributed by atoms with van der Waals surface area (Å²) in [7, 11) is -5.29. The number of hydrogen-bond donors (Lipinski definition) is 0. The quantitative estimate of drug-likeness (QED) is 0.144. The topological polar surface area (TPSA) is 84.9 Å². The van der Waals surface area contributed by atoms with Gasteiger partial charge in [0.15, 0.2) is 21.3 Å². The highest BCUT2D eigenvalue weighted by Crippen LogP contribution is 2.47. The summed E-state index contributed by atoms with van der Waals surface area (Å²) in [6.07, 6.45) is 0. The molecule has 0 fully saturated rings. The molecule has 0 aliphatic heterocycles. The van der Waals surface area contributed by atoms with Crippen LogP contribution in [-0.4, -0.2) is 29.8 Å². The number of hydrogen-bond acceptors (Lipinski definition) is 6. The van der Waals surface area contributed by atoms with Gasteiger partial charge < -0.3 is 18.8 Å². The van der Waals surface area contributed by atoms with E-state index >= 15 is 0 Å². The molecule has 248 valence electrons. The third kappa shape index (κ3) is 11.3. The summed E-state index contributed by atoms with van der Waals surface area (Å²) in [6, 6.07) is 26.8. The Morgan fingerprint density at radius 1 is 0.609 bits per heavy atom. The number of ether oxygens (including phenoxy) is 3. The van der Waals surface area contributed by atoms with Crippen molar-refractivity contribution in [3.63, 3.8) is 0 Å². The van der Waals surface area contributed by atoms with E-state index in [1.165, 1.54) is 9.79 Å². The summed E-state index contributed by atoms with van der Waals surface area (Å²) in [6.45, 7) is 18.6. The highest BCUT2D eigenvalue weighted by atomic mass is 32.2. The van der Waals surface area contributed by atoms with Gasteiger partial charge in [0, 0.05) is 18.2 Å². The Hall–Kier alpha value is -3.60. The van der Waals surface area contributed by atoms with Gasteiger partial charge in [0.25, 0.3) is 0 Å². The highest BCUT2D eigenvalue weighted by Gasteiger charge is 2.39. The van der Waals surface area contributed by atoms with Crippen LogP contribution in [-0.2, 0) is 21.0 Å². The summed E-state index contributed by atoms with van der Waals surface area (Å²) in [5.74, 6) is -0.00148. The van der Waals surface area contributed by atoms with Crippen LogP contribution in [0.4, 0.5) is 8.78 Å². The van der Waals surface area contributed by atoms with E-state index in [9.17, 15) is 21.8 Å². The van der Waals surface area contributed by atoms with Gasteiger partial charge in [-0.05, 0) is 98.7 Å². The van der Waals surface area contributed by atoms with Crippen LogP contribution in [0, 0.1) is 11.6 Å². The largest absolute Gasteiger partial charge is 0.744 e. The predicted molar refractivity (Wildman–Crippen MR) is 177 cm³/mol. The average Bonchev–Trinajstić information content (AvgIpc) is 2.88. The molecule has 46 heavy (non-hydrogen) atoms. The Balaban J connectivity index is 0.000000402. The maximum atomic E-state index is 12.5. The van der Waals surface area contributed by atoms with Crippen LogP contribution in [0.3, 0.4) is 0 Å². The normalized spacial score (nSPS) is 12.3. The van der Waals surface area contributed by atoms with Gasteiger partial charge in [-0.2, -0.15) is 0 Å². The predicted octanol–water partition coefficient (Wildman–Crippen LogP) is 9.18. The molecule has 0 aliphatic carbocycles. The van der Waals surface area contributed by atoms with E-state index in [1.807, 2.05) is 32.9 Å². The molecule has 0 radical (unpaired) electrons. The van der Waals surface area contributed by atoms with Crippen LogP contribution < -0.4 is 14.2 Å². The van der Waals surface area contributed by atoms with Crippen LogP contribution in [0.5, 0.6) is 17.2 Å². The first-order chi connectivity index (χ1) is 21.1. The van der Waals surface area contributed by atoms with Gasteiger partial charge in [0.1, 0.15) is 55.2 Å². The fourth-order valence-corrected chi connectivity index (χ4v) is 6.88. The van der Waals surface area contributed by atoms with Crippen molar-refractivity contribution >= 4 is 21.0 Å². The smallest absolute Gasteiger partial charge is 0.250 e. The van der Waals surface area contributed by atoms with E-state index in [1.54, 1.807) is 0 Å². The van der Waals surface area contributed by atoms with Crippen LogP contribution in [0.2, 0.25) is 0 Å². The molecule has 0 N–H and O–H groups in total. The third-order valence-electron chi connectivity index (χ3n) is 5.58. The van der Waals surface area contributed by atoms with Gasteiger partial charge in [-0.25, -0.2) is 17.2 Å². The number of rotatable bonds is 7. The lowest BCUT2D eigenvalue weighted by Crippen LogP contribution is -2.27. The molecule has 0 atom stereocenters. The molecule has 0 aliphatic rings. The molecular weight excluding hydrogens is 631 g/mol. The minimum Gasteiger partial charge on any atom is -0.744 e. The zero-order valence-corrected chi connectivity index (χ0v) is 29.3. The zero-order chi connectivity index (χ0) is 34.5. The lowest BCUT2D eigenvalue weighted by molar-refractivity contribution is 0.105. The standard InChI is InChI=1S/C30H39O3S.C6H4F2O3S/c1-28(2,3)31-22-20-25(32-29(4,5)6)27(26(21-22)33-30(7,8)9)34(23-16-12-10-13-17-23)24-18-14-11-15-19-24;7-4-1-2-6(5(8)3-4)12(9,10)11/h10-21H,1-9H3;1-3H,(H,9,10,11)/q+1;/p-1. The van der Waals surface area contributed by atoms with Crippen molar-refractivity contribution in [1.82, 2.24) is 0 Å². The molecule has 4 aromatic rings. The summed E-state index contributed by atoms with van der Waals surface area (Å²) in [5, 5.41) is 0. The van der Waals surface area contributed by atoms with Gasteiger partial charge in [-0.3, -0.25) is 0 Å². The molecule has 4 aromatic carbocycles. The van der Waals surface area contributed by atoms with Crippen molar-refractivity contribution in [2.24, 2.45) is 0 Å². The molecule has 0 saturated carbocycles. The molecule has 0 spiro atoms.